The van der Waals surface area contributed by atoms with Crippen LogP contribution in [-0.2, 0) is 9.47 Å². The first-order valence-electron chi connectivity index (χ1n) is 4.53. The van der Waals surface area contributed by atoms with Crippen molar-refractivity contribution in [1.82, 2.24) is 0 Å². The Balaban J connectivity index is 3.62. The van der Waals surface area contributed by atoms with Crippen LogP contribution in [0, 0.1) is 17.2 Å². The number of alkyl halides is 3. The standard InChI is InChI=1S/C9H14F3NO2/c1-7(2)15-4-3-14-6-8(5-13)9(10,11)12/h7-8H,3-4,6H2,1-2H3. The first kappa shape index (κ1) is 14.2. The minimum Gasteiger partial charge on any atom is -0.377 e. The zero-order valence-corrected chi connectivity index (χ0v) is 8.67. The second-order valence-electron chi connectivity index (χ2n) is 3.22. The Morgan fingerprint density at radius 1 is 1.27 bits per heavy atom. The van der Waals surface area contributed by atoms with E-state index in [-0.39, 0.29) is 19.3 Å². The fraction of sp³-hybridized carbons (Fsp3) is 0.889. The number of ether oxygens (including phenoxy) is 2. The SMILES string of the molecule is CC(C)OCCOCC(C#N)C(F)(F)F. The second-order valence-corrected chi connectivity index (χ2v) is 3.22. The molecule has 0 N–H and O–H groups in total. The summed E-state index contributed by atoms with van der Waals surface area (Å²) in [5.74, 6) is -2.06. The van der Waals surface area contributed by atoms with Crippen LogP contribution in [0.15, 0.2) is 0 Å². The van der Waals surface area contributed by atoms with Crippen LogP contribution in [-0.4, -0.2) is 32.1 Å². The molecule has 0 aromatic rings. The van der Waals surface area contributed by atoms with Gasteiger partial charge in [-0.3, -0.25) is 0 Å². The van der Waals surface area contributed by atoms with Gasteiger partial charge >= 0.3 is 6.18 Å². The molecule has 1 atom stereocenters. The molecule has 1 unspecified atom stereocenters. The van der Waals surface area contributed by atoms with Crippen LogP contribution in [0.1, 0.15) is 13.8 Å². The molecule has 0 aromatic carbocycles. The lowest BCUT2D eigenvalue weighted by molar-refractivity contribution is -0.172. The number of halogens is 3. The van der Waals surface area contributed by atoms with Gasteiger partial charge in [-0.25, -0.2) is 0 Å². The van der Waals surface area contributed by atoms with Crippen LogP contribution in [0.2, 0.25) is 0 Å². The van der Waals surface area contributed by atoms with E-state index in [4.69, 9.17) is 14.7 Å². The third kappa shape index (κ3) is 7.17. The van der Waals surface area contributed by atoms with Crippen LogP contribution in [0.3, 0.4) is 0 Å². The summed E-state index contributed by atoms with van der Waals surface area (Å²) in [5.41, 5.74) is 0. The van der Waals surface area contributed by atoms with Gasteiger partial charge in [0.15, 0.2) is 5.92 Å². The van der Waals surface area contributed by atoms with E-state index in [2.05, 4.69) is 0 Å². The average Bonchev–Trinajstić information content (AvgIpc) is 2.08. The van der Waals surface area contributed by atoms with Gasteiger partial charge < -0.3 is 9.47 Å². The highest BCUT2D eigenvalue weighted by molar-refractivity contribution is 4.88. The van der Waals surface area contributed by atoms with Gasteiger partial charge in [-0.05, 0) is 13.8 Å². The van der Waals surface area contributed by atoms with E-state index >= 15 is 0 Å². The van der Waals surface area contributed by atoms with Crippen molar-refractivity contribution in [3.8, 4) is 6.07 Å². The molecule has 0 aliphatic carbocycles. The normalized spacial score (nSPS) is 13.9. The summed E-state index contributed by atoms with van der Waals surface area (Å²) in [4.78, 5) is 0. The predicted molar refractivity (Wildman–Crippen MR) is 47.1 cm³/mol. The van der Waals surface area contributed by atoms with Crippen molar-refractivity contribution in [2.45, 2.75) is 26.1 Å². The molecule has 15 heavy (non-hydrogen) atoms. The Labute approximate surface area is 86.8 Å². The van der Waals surface area contributed by atoms with E-state index in [9.17, 15) is 13.2 Å². The van der Waals surface area contributed by atoms with E-state index in [1.807, 2.05) is 13.8 Å². The molecule has 0 rings (SSSR count). The predicted octanol–water partition coefficient (Wildman–Crippen LogP) is 2.13. The Hall–Kier alpha value is -0.800. The monoisotopic (exact) mass is 225 g/mol. The molecule has 0 bridgehead atoms. The molecule has 0 heterocycles. The van der Waals surface area contributed by atoms with Crippen molar-refractivity contribution in [1.29, 1.82) is 5.26 Å². The first-order chi connectivity index (χ1) is 6.88. The summed E-state index contributed by atoms with van der Waals surface area (Å²) in [6, 6.07) is 1.15. The summed E-state index contributed by atoms with van der Waals surface area (Å²) in [7, 11) is 0. The van der Waals surface area contributed by atoms with Gasteiger partial charge in [0.2, 0.25) is 0 Å². The highest BCUT2D eigenvalue weighted by Gasteiger charge is 2.39. The maximum Gasteiger partial charge on any atom is 0.406 e. The summed E-state index contributed by atoms with van der Waals surface area (Å²) in [5, 5.41) is 8.23. The molecular weight excluding hydrogens is 211 g/mol. The molecule has 0 saturated carbocycles. The summed E-state index contributed by atoms with van der Waals surface area (Å²) < 4.78 is 45.8. The Morgan fingerprint density at radius 3 is 2.27 bits per heavy atom. The van der Waals surface area contributed by atoms with E-state index in [1.54, 1.807) is 0 Å². The molecule has 0 fully saturated rings. The van der Waals surface area contributed by atoms with Crippen molar-refractivity contribution in [3.05, 3.63) is 0 Å². The Morgan fingerprint density at radius 2 is 1.87 bits per heavy atom. The molecule has 0 saturated heterocycles. The topological polar surface area (TPSA) is 42.2 Å². The van der Waals surface area contributed by atoms with Crippen molar-refractivity contribution in [3.63, 3.8) is 0 Å². The minimum atomic E-state index is -4.52. The van der Waals surface area contributed by atoms with E-state index in [0.29, 0.717) is 0 Å². The number of hydrogen-bond donors (Lipinski definition) is 0. The van der Waals surface area contributed by atoms with Crippen molar-refractivity contribution in [2.24, 2.45) is 5.92 Å². The van der Waals surface area contributed by atoms with Gasteiger partial charge in [-0.2, -0.15) is 18.4 Å². The molecule has 6 heteroatoms. The molecule has 0 amide bonds. The minimum absolute atomic E-state index is 0.0166. The fourth-order valence-corrected chi connectivity index (χ4v) is 0.749. The van der Waals surface area contributed by atoms with Gasteiger partial charge in [0.25, 0.3) is 0 Å². The van der Waals surface area contributed by atoms with Gasteiger partial charge in [0.1, 0.15) is 0 Å². The number of hydrogen-bond acceptors (Lipinski definition) is 3. The lowest BCUT2D eigenvalue weighted by Gasteiger charge is -2.13. The molecule has 0 aromatic heterocycles. The van der Waals surface area contributed by atoms with E-state index in [0.717, 1.165) is 6.07 Å². The molecule has 0 aliphatic heterocycles. The van der Waals surface area contributed by atoms with Gasteiger partial charge in [0, 0.05) is 0 Å². The van der Waals surface area contributed by atoms with Gasteiger partial charge in [-0.1, -0.05) is 0 Å². The second kappa shape index (κ2) is 6.64. The van der Waals surface area contributed by atoms with E-state index < -0.39 is 18.7 Å². The zero-order chi connectivity index (χ0) is 11.9. The van der Waals surface area contributed by atoms with Crippen LogP contribution in [0.25, 0.3) is 0 Å². The molecule has 88 valence electrons. The fourth-order valence-electron chi connectivity index (χ4n) is 0.749. The summed E-state index contributed by atoms with van der Waals surface area (Å²) in [6.07, 6.45) is -4.50. The van der Waals surface area contributed by atoms with Crippen molar-refractivity contribution >= 4 is 0 Å². The summed E-state index contributed by atoms with van der Waals surface area (Å²) in [6.45, 7) is 3.28. The molecule has 3 nitrogen and oxygen atoms in total. The molecule has 0 aliphatic rings. The first-order valence-corrected chi connectivity index (χ1v) is 4.53. The number of nitrogens with zero attached hydrogens (tertiary/aromatic N) is 1. The quantitative estimate of drug-likeness (QED) is 0.650. The van der Waals surface area contributed by atoms with Gasteiger partial charge in [0.05, 0.1) is 32.0 Å². The average molecular weight is 225 g/mol. The maximum absolute atomic E-state index is 12.0. The van der Waals surface area contributed by atoms with E-state index in [1.165, 1.54) is 0 Å². The third-order valence-corrected chi connectivity index (χ3v) is 1.51. The van der Waals surface area contributed by atoms with Crippen LogP contribution in [0.5, 0.6) is 0 Å². The van der Waals surface area contributed by atoms with Crippen molar-refractivity contribution < 1.29 is 22.6 Å². The Bertz CT molecular complexity index is 210. The smallest absolute Gasteiger partial charge is 0.377 e. The lowest BCUT2D eigenvalue weighted by Crippen LogP contribution is -2.26. The molecule has 0 spiro atoms. The lowest BCUT2D eigenvalue weighted by atomic mass is 10.2. The van der Waals surface area contributed by atoms with Crippen LogP contribution < -0.4 is 0 Å². The zero-order valence-electron chi connectivity index (χ0n) is 8.67. The third-order valence-electron chi connectivity index (χ3n) is 1.51. The number of rotatable bonds is 6. The van der Waals surface area contributed by atoms with Crippen molar-refractivity contribution in [2.75, 3.05) is 19.8 Å². The van der Waals surface area contributed by atoms with Crippen LogP contribution in [0.4, 0.5) is 13.2 Å². The highest BCUT2D eigenvalue weighted by Crippen LogP contribution is 2.25. The number of nitriles is 1. The van der Waals surface area contributed by atoms with Crippen LogP contribution >= 0.6 is 0 Å². The molecule has 0 radical (unpaired) electrons. The Kier molecular flexibility index (Phi) is 6.29. The largest absolute Gasteiger partial charge is 0.406 e. The maximum atomic E-state index is 12.0. The summed E-state index contributed by atoms with van der Waals surface area (Å²) >= 11 is 0. The molecular formula is C9H14F3NO2. The highest BCUT2D eigenvalue weighted by atomic mass is 19.4. The van der Waals surface area contributed by atoms with Gasteiger partial charge in [-0.15, -0.1) is 0 Å².